The Kier molecular flexibility index (Phi) is 6.12. The number of rotatable bonds is 6. The number of hydrogen-bond acceptors (Lipinski definition) is 7. The number of fused-ring (bicyclic) bond motifs is 1. The van der Waals surface area contributed by atoms with Gasteiger partial charge in [-0.05, 0) is 32.4 Å². The molecule has 158 valence electrons. The molecule has 1 amide bonds. The number of esters is 1. The average molecular weight is 434 g/mol. The number of ether oxygens (including phenoxy) is 2. The minimum Gasteiger partial charge on any atom is -0.495 e. The van der Waals surface area contributed by atoms with Gasteiger partial charge in [-0.25, -0.2) is 9.78 Å². The molecule has 2 heterocycles. The number of benzene rings is 1. The summed E-state index contributed by atoms with van der Waals surface area (Å²) in [5, 5.41) is 3.16. The molecule has 0 unspecified atom stereocenters. The second-order valence-corrected chi connectivity index (χ2v) is 6.87. The topological polar surface area (TPSA) is 113 Å². The van der Waals surface area contributed by atoms with Gasteiger partial charge in [0.1, 0.15) is 35.3 Å². The molecule has 2 aromatic heterocycles. The summed E-state index contributed by atoms with van der Waals surface area (Å²) in [5.41, 5.74) is 0.592. The van der Waals surface area contributed by atoms with Crippen LogP contribution in [0.15, 0.2) is 27.7 Å². The predicted octanol–water partition coefficient (Wildman–Crippen LogP) is 3.08. The van der Waals surface area contributed by atoms with Gasteiger partial charge in [-0.3, -0.25) is 14.2 Å². The molecular formula is C20H20ClN3O6. The van der Waals surface area contributed by atoms with Gasteiger partial charge in [-0.1, -0.05) is 11.6 Å². The third-order valence-electron chi connectivity index (χ3n) is 4.40. The molecule has 1 aromatic carbocycles. The fourth-order valence-electron chi connectivity index (χ4n) is 2.97. The number of halogens is 1. The molecule has 0 radical (unpaired) electrons. The molecule has 0 aliphatic rings. The van der Waals surface area contributed by atoms with Gasteiger partial charge in [0.25, 0.3) is 5.56 Å². The van der Waals surface area contributed by atoms with Crippen molar-refractivity contribution in [1.29, 1.82) is 0 Å². The lowest BCUT2D eigenvalue weighted by molar-refractivity contribution is -0.116. The first kappa shape index (κ1) is 21.4. The summed E-state index contributed by atoms with van der Waals surface area (Å²) in [7, 11) is 1.46. The Morgan fingerprint density at radius 1 is 1.30 bits per heavy atom. The fourth-order valence-corrected chi connectivity index (χ4v) is 3.13. The highest BCUT2D eigenvalue weighted by atomic mass is 35.5. The Morgan fingerprint density at radius 3 is 2.70 bits per heavy atom. The lowest BCUT2D eigenvalue weighted by Crippen LogP contribution is -2.28. The zero-order chi connectivity index (χ0) is 22.0. The van der Waals surface area contributed by atoms with E-state index >= 15 is 0 Å². The summed E-state index contributed by atoms with van der Waals surface area (Å²) in [6.45, 7) is 4.80. The van der Waals surface area contributed by atoms with Crippen LogP contribution < -0.4 is 15.6 Å². The molecule has 0 aliphatic heterocycles. The number of nitrogens with zero attached hydrogens (tertiary/aromatic N) is 2. The molecule has 0 bridgehead atoms. The van der Waals surface area contributed by atoms with E-state index in [1.165, 1.54) is 13.4 Å². The van der Waals surface area contributed by atoms with E-state index in [0.717, 1.165) is 10.1 Å². The Hall–Kier alpha value is -3.33. The van der Waals surface area contributed by atoms with E-state index in [2.05, 4.69) is 10.3 Å². The van der Waals surface area contributed by atoms with Crippen molar-refractivity contribution in [3.05, 3.63) is 50.7 Å². The smallest absolute Gasteiger partial charge is 0.342 e. The molecule has 0 atom stereocenters. The molecule has 9 nitrogen and oxygen atoms in total. The SMILES string of the molecule is CCOC(=O)c1c(C)oc2ncn(CC(=O)Nc3cc(C)c(Cl)cc3OC)c(=O)c12. The van der Waals surface area contributed by atoms with E-state index in [4.69, 9.17) is 25.5 Å². The number of aromatic nitrogens is 2. The molecule has 10 heteroatoms. The van der Waals surface area contributed by atoms with Gasteiger partial charge in [-0.15, -0.1) is 0 Å². The van der Waals surface area contributed by atoms with Gasteiger partial charge < -0.3 is 19.2 Å². The number of amides is 1. The summed E-state index contributed by atoms with van der Waals surface area (Å²) >= 11 is 6.08. The number of carbonyl (C=O) groups is 2. The second-order valence-electron chi connectivity index (χ2n) is 6.46. The fraction of sp³-hybridized carbons (Fsp3) is 0.300. The lowest BCUT2D eigenvalue weighted by Gasteiger charge is -2.12. The number of nitrogens with one attached hydrogen (secondary N) is 1. The van der Waals surface area contributed by atoms with Crippen LogP contribution in [0.3, 0.4) is 0 Å². The Bertz CT molecular complexity index is 1200. The molecular weight excluding hydrogens is 414 g/mol. The highest BCUT2D eigenvalue weighted by Gasteiger charge is 2.24. The first-order chi connectivity index (χ1) is 14.3. The van der Waals surface area contributed by atoms with Gasteiger partial charge >= 0.3 is 5.97 Å². The molecule has 0 aliphatic carbocycles. The lowest BCUT2D eigenvalue weighted by atomic mass is 10.2. The predicted molar refractivity (Wildman–Crippen MR) is 110 cm³/mol. The molecule has 1 N–H and O–H groups in total. The van der Waals surface area contributed by atoms with Crippen LogP contribution in [0, 0.1) is 13.8 Å². The number of hydrogen-bond donors (Lipinski definition) is 1. The van der Waals surface area contributed by atoms with Gasteiger partial charge in [0.2, 0.25) is 11.6 Å². The van der Waals surface area contributed by atoms with Crippen LogP contribution >= 0.6 is 11.6 Å². The Morgan fingerprint density at radius 2 is 2.03 bits per heavy atom. The van der Waals surface area contributed by atoms with Crippen molar-refractivity contribution < 1.29 is 23.5 Å². The number of carbonyl (C=O) groups excluding carboxylic acids is 2. The molecule has 3 rings (SSSR count). The van der Waals surface area contributed by atoms with Crippen molar-refractivity contribution in [1.82, 2.24) is 9.55 Å². The van der Waals surface area contributed by atoms with Crippen LogP contribution in [-0.2, 0) is 16.1 Å². The summed E-state index contributed by atoms with van der Waals surface area (Å²) in [4.78, 5) is 41.8. The van der Waals surface area contributed by atoms with Crippen LogP contribution in [0.4, 0.5) is 5.69 Å². The number of anilines is 1. The van der Waals surface area contributed by atoms with Crippen LogP contribution in [0.5, 0.6) is 5.75 Å². The maximum Gasteiger partial charge on any atom is 0.342 e. The Balaban J connectivity index is 1.93. The number of aryl methyl sites for hydroxylation is 2. The quantitative estimate of drug-likeness (QED) is 0.594. The van der Waals surface area contributed by atoms with Gasteiger partial charge in [0, 0.05) is 11.1 Å². The molecule has 0 spiro atoms. The van der Waals surface area contributed by atoms with Crippen molar-refractivity contribution in [2.45, 2.75) is 27.3 Å². The largest absolute Gasteiger partial charge is 0.495 e. The third kappa shape index (κ3) is 4.02. The zero-order valence-electron chi connectivity index (χ0n) is 16.9. The highest BCUT2D eigenvalue weighted by molar-refractivity contribution is 6.31. The molecule has 0 saturated heterocycles. The molecule has 0 fully saturated rings. The Labute approximate surface area is 176 Å². The molecule has 0 saturated carbocycles. The van der Waals surface area contributed by atoms with Gasteiger partial charge in [0.05, 0.1) is 19.4 Å². The molecule has 3 aromatic rings. The average Bonchev–Trinajstić information content (AvgIpc) is 3.03. The van der Waals surface area contributed by atoms with Crippen molar-refractivity contribution >= 4 is 40.3 Å². The minimum atomic E-state index is -0.684. The first-order valence-corrected chi connectivity index (χ1v) is 9.44. The summed E-state index contributed by atoms with van der Waals surface area (Å²) in [6.07, 6.45) is 1.19. The standard InChI is InChI=1S/C20H20ClN3O6/c1-5-29-20(27)16-11(3)30-18-17(16)19(26)24(9-22-18)8-15(25)23-13-6-10(2)12(21)7-14(13)28-4/h6-7,9H,5,8H2,1-4H3,(H,23,25). The van der Waals surface area contributed by atoms with Crippen LogP contribution in [0.1, 0.15) is 28.6 Å². The first-order valence-electron chi connectivity index (χ1n) is 9.06. The second kappa shape index (κ2) is 8.58. The van der Waals surface area contributed by atoms with Crippen molar-refractivity contribution in [3.63, 3.8) is 0 Å². The van der Waals surface area contributed by atoms with Crippen LogP contribution in [-0.4, -0.2) is 35.1 Å². The summed E-state index contributed by atoms with van der Waals surface area (Å²) in [6, 6.07) is 3.26. The van der Waals surface area contributed by atoms with Crippen LogP contribution in [0.2, 0.25) is 5.02 Å². The summed E-state index contributed by atoms with van der Waals surface area (Å²) in [5.74, 6) is -0.570. The molecule has 30 heavy (non-hydrogen) atoms. The van der Waals surface area contributed by atoms with E-state index in [-0.39, 0.29) is 35.6 Å². The monoisotopic (exact) mass is 433 g/mol. The highest BCUT2D eigenvalue weighted by Crippen LogP contribution is 2.31. The van der Waals surface area contributed by atoms with Crippen molar-refractivity contribution in [3.8, 4) is 5.75 Å². The van der Waals surface area contributed by atoms with E-state index in [9.17, 15) is 14.4 Å². The van der Waals surface area contributed by atoms with Gasteiger partial charge in [-0.2, -0.15) is 0 Å². The number of furan rings is 1. The van der Waals surface area contributed by atoms with E-state index in [1.807, 2.05) is 0 Å². The van der Waals surface area contributed by atoms with E-state index in [1.54, 1.807) is 32.9 Å². The minimum absolute atomic E-state index is 0.00667. The maximum atomic E-state index is 12.9. The van der Waals surface area contributed by atoms with Crippen LogP contribution in [0.25, 0.3) is 11.1 Å². The number of methoxy groups -OCH3 is 1. The van der Waals surface area contributed by atoms with Gasteiger partial charge in [0.15, 0.2) is 0 Å². The van der Waals surface area contributed by atoms with E-state index in [0.29, 0.717) is 16.5 Å². The van der Waals surface area contributed by atoms with E-state index < -0.39 is 17.4 Å². The van der Waals surface area contributed by atoms with Crippen molar-refractivity contribution in [2.75, 3.05) is 19.0 Å². The maximum absolute atomic E-state index is 12.9. The summed E-state index contributed by atoms with van der Waals surface area (Å²) < 4.78 is 16.7. The zero-order valence-corrected chi connectivity index (χ0v) is 17.6. The van der Waals surface area contributed by atoms with Crippen molar-refractivity contribution in [2.24, 2.45) is 0 Å². The normalized spacial score (nSPS) is 10.8. The third-order valence-corrected chi connectivity index (χ3v) is 4.81.